The van der Waals surface area contributed by atoms with Gasteiger partial charge in [-0.25, -0.2) is 0 Å². The van der Waals surface area contributed by atoms with Crippen molar-refractivity contribution in [1.29, 1.82) is 0 Å². The Labute approximate surface area is 117 Å². The van der Waals surface area contributed by atoms with Crippen LogP contribution < -0.4 is 4.74 Å². The first kappa shape index (κ1) is 13.8. The van der Waals surface area contributed by atoms with E-state index in [1.54, 1.807) is 0 Å². The van der Waals surface area contributed by atoms with Crippen LogP contribution in [0.2, 0.25) is 0 Å². The molecule has 0 bridgehead atoms. The van der Waals surface area contributed by atoms with Gasteiger partial charge < -0.3 is 9.47 Å². The monoisotopic (exact) mass is 313 g/mol. The number of nitrogens with zero attached hydrogens (tertiary/aromatic N) is 1. The molecule has 18 heavy (non-hydrogen) atoms. The topological polar surface area (TPSA) is 21.7 Å². The Kier molecular flexibility index (Phi) is 5.97. The molecular formula is C14H20BrNO2. The highest BCUT2D eigenvalue weighted by Crippen LogP contribution is 2.23. The third kappa shape index (κ3) is 4.59. The summed E-state index contributed by atoms with van der Waals surface area (Å²) >= 11 is 3.48. The largest absolute Gasteiger partial charge is 0.492 e. The molecular weight excluding hydrogens is 294 g/mol. The molecule has 0 amide bonds. The number of halogens is 1. The molecule has 1 aliphatic heterocycles. The summed E-state index contributed by atoms with van der Waals surface area (Å²) in [6.07, 6.45) is 2.28. The van der Waals surface area contributed by atoms with Crippen molar-refractivity contribution in [3.05, 3.63) is 28.7 Å². The average Bonchev–Trinajstić information content (AvgIpc) is 2.42. The summed E-state index contributed by atoms with van der Waals surface area (Å²) in [6, 6.07) is 7.98. The maximum absolute atomic E-state index is 5.74. The second-order valence-electron chi connectivity index (χ2n) is 4.44. The molecule has 1 heterocycles. The Morgan fingerprint density at radius 1 is 1.17 bits per heavy atom. The van der Waals surface area contributed by atoms with Gasteiger partial charge >= 0.3 is 0 Å². The molecule has 1 fully saturated rings. The van der Waals surface area contributed by atoms with Gasteiger partial charge in [-0.1, -0.05) is 12.1 Å². The minimum atomic E-state index is 0.785. The Morgan fingerprint density at radius 2 is 1.94 bits per heavy atom. The molecule has 100 valence electrons. The Balaban J connectivity index is 1.57. The van der Waals surface area contributed by atoms with Crippen molar-refractivity contribution >= 4 is 15.9 Å². The van der Waals surface area contributed by atoms with E-state index < -0.39 is 0 Å². The van der Waals surface area contributed by atoms with Crippen LogP contribution in [0.3, 0.4) is 0 Å². The number of hydrogen-bond donors (Lipinski definition) is 0. The summed E-state index contributed by atoms with van der Waals surface area (Å²) < 4.78 is 12.1. The SMILES string of the molecule is Brc1ccccc1OCCCCN1CCOCC1. The first-order valence-electron chi connectivity index (χ1n) is 6.54. The molecule has 3 nitrogen and oxygen atoms in total. The van der Waals surface area contributed by atoms with Crippen molar-refractivity contribution in [2.75, 3.05) is 39.5 Å². The maximum atomic E-state index is 5.74. The van der Waals surface area contributed by atoms with E-state index in [0.29, 0.717) is 0 Å². The number of hydrogen-bond acceptors (Lipinski definition) is 3. The van der Waals surface area contributed by atoms with Gasteiger partial charge in [-0.05, 0) is 47.4 Å². The van der Waals surface area contributed by atoms with Gasteiger partial charge in [-0.15, -0.1) is 0 Å². The zero-order chi connectivity index (χ0) is 12.6. The molecule has 1 aromatic carbocycles. The predicted octanol–water partition coefficient (Wildman–Crippen LogP) is 2.94. The number of morpholine rings is 1. The Hall–Kier alpha value is -0.580. The number of rotatable bonds is 6. The van der Waals surface area contributed by atoms with E-state index in [-0.39, 0.29) is 0 Å². The van der Waals surface area contributed by atoms with E-state index >= 15 is 0 Å². The van der Waals surface area contributed by atoms with Crippen LogP contribution in [0, 0.1) is 0 Å². The van der Waals surface area contributed by atoms with E-state index in [1.165, 1.54) is 6.42 Å². The third-order valence-electron chi connectivity index (χ3n) is 3.07. The molecule has 0 aromatic heterocycles. The van der Waals surface area contributed by atoms with E-state index in [0.717, 1.165) is 56.1 Å². The highest BCUT2D eigenvalue weighted by Gasteiger charge is 2.09. The fourth-order valence-corrected chi connectivity index (χ4v) is 2.41. The van der Waals surface area contributed by atoms with Crippen LogP contribution in [0.1, 0.15) is 12.8 Å². The molecule has 0 unspecified atom stereocenters. The van der Waals surface area contributed by atoms with E-state index in [9.17, 15) is 0 Å². The third-order valence-corrected chi connectivity index (χ3v) is 3.72. The van der Waals surface area contributed by atoms with Crippen molar-refractivity contribution in [2.24, 2.45) is 0 Å². The summed E-state index contributed by atoms with van der Waals surface area (Å²) in [6.45, 7) is 5.85. The first-order valence-corrected chi connectivity index (χ1v) is 7.33. The highest BCUT2D eigenvalue weighted by atomic mass is 79.9. The number of para-hydroxylation sites is 1. The molecule has 0 aliphatic carbocycles. The van der Waals surface area contributed by atoms with Gasteiger partial charge in [0, 0.05) is 13.1 Å². The zero-order valence-corrected chi connectivity index (χ0v) is 12.2. The summed E-state index contributed by atoms with van der Waals surface area (Å²) in [4.78, 5) is 2.46. The van der Waals surface area contributed by atoms with Crippen LogP contribution in [0.15, 0.2) is 28.7 Å². The van der Waals surface area contributed by atoms with E-state index in [2.05, 4.69) is 20.8 Å². The molecule has 0 saturated carbocycles. The van der Waals surface area contributed by atoms with Crippen LogP contribution in [0.25, 0.3) is 0 Å². The predicted molar refractivity (Wildman–Crippen MR) is 76.1 cm³/mol. The summed E-state index contributed by atoms with van der Waals surface area (Å²) in [7, 11) is 0. The van der Waals surface area contributed by atoms with Crippen LogP contribution in [-0.2, 0) is 4.74 Å². The van der Waals surface area contributed by atoms with Crippen LogP contribution in [0.5, 0.6) is 5.75 Å². The molecule has 4 heteroatoms. The second-order valence-corrected chi connectivity index (χ2v) is 5.29. The van der Waals surface area contributed by atoms with Gasteiger partial charge in [0.15, 0.2) is 0 Å². The van der Waals surface area contributed by atoms with Crippen LogP contribution in [0.4, 0.5) is 0 Å². The standard InChI is InChI=1S/C14H20BrNO2/c15-13-5-1-2-6-14(13)18-10-4-3-7-16-8-11-17-12-9-16/h1-2,5-6H,3-4,7-12H2. The van der Waals surface area contributed by atoms with Crippen molar-refractivity contribution in [3.63, 3.8) is 0 Å². The lowest BCUT2D eigenvalue weighted by atomic mass is 10.3. The highest BCUT2D eigenvalue weighted by molar-refractivity contribution is 9.10. The Bertz CT molecular complexity index is 353. The van der Waals surface area contributed by atoms with Crippen molar-refractivity contribution in [3.8, 4) is 5.75 Å². The number of unbranched alkanes of at least 4 members (excludes halogenated alkanes) is 1. The molecule has 0 radical (unpaired) electrons. The second kappa shape index (κ2) is 7.77. The van der Waals surface area contributed by atoms with Gasteiger partial charge in [0.1, 0.15) is 5.75 Å². The summed E-state index contributed by atoms with van der Waals surface area (Å²) in [5.41, 5.74) is 0. The molecule has 0 spiro atoms. The van der Waals surface area contributed by atoms with Gasteiger partial charge in [-0.3, -0.25) is 4.90 Å². The van der Waals surface area contributed by atoms with Crippen LogP contribution in [-0.4, -0.2) is 44.4 Å². The minimum Gasteiger partial charge on any atom is -0.492 e. The first-order chi connectivity index (χ1) is 8.86. The van der Waals surface area contributed by atoms with Crippen LogP contribution >= 0.6 is 15.9 Å². The molecule has 1 saturated heterocycles. The van der Waals surface area contributed by atoms with Crippen molar-refractivity contribution in [2.45, 2.75) is 12.8 Å². The lowest BCUT2D eigenvalue weighted by Crippen LogP contribution is -2.36. The fourth-order valence-electron chi connectivity index (χ4n) is 2.01. The summed E-state index contributed by atoms with van der Waals surface area (Å²) in [5, 5.41) is 0. The maximum Gasteiger partial charge on any atom is 0.133 e. The quantitative estimate of drug-likeness (QED) is 0.754. The minimum absolute atomic E-state index is 0.785. The van der Waals surface area contributed by atoms with Gasteiger partial charge in [0.05, 0.1) is 24.3 Å². The molecule has 0 N–H and O–H groups in total. The molecule has 1 aliphatic rings. The number of benzene rings is 1. The van der Waals surface area contributed by atoms with Crippen molar-refractivity contribution in [1.82, 2.24) is 4.90 Å². The fraction of sp³-hybridized carbons (Fsp3) is 0.571. The number of ether oxygens (including phenoxy) is 2. The lowest BCUT2D eigenvalue weighted by Gasteiger charge is -2.26. The van der Waals surface area contributed by atoms with E-state index in [1.807, 2.05) is 24.3 Å². The average molecular weight is 314 g/mol. The Morgan fingerprint density at radius 3 is 2.72 bits per heavy atom. The van der Waals surface area contributed by atoms with Gasteiger partial charge in [-0.2, -0.15) is 0 Å². The molecule has 1 aromatic rings. The zero-order valence-electron chi connectivity index (χ0n) is 10.6. The lowest BCUT2D eigenvalue weighted by molar-refractivity contribution is 0.0368. The smallest absolute Gasteiger partial charge is 0.133 e. The molecule has 0 atom stereocenters. The van der Waals surface area contributed by atoms with Gasteiger partial charge in [0.2, 0.25) is 0 Å². The van der Waals surface area contributed by atoms with E-state index in [4.69, 9.17) is 9.47 Å². The van der Waals surface area contributed by atoms with Crippen molar-refractivity contribution < 1.29 is 9.47 Å². The van der Waals surface area contributed by atoms with Gasteiger partial charge in [0.25, 0.3) is 0 Å². The molecule has 2 rings (SSSR count). The normalized spacial score (nSPS) is 16.7. The summed E-state index contributed by atoms with van der Waals surface area (Å²) in [5.74, 6) is 0.934.